The summed E-state index contributed by atoms with van der Waals surface area (Å²) in [4.78, 5) is 21.2. The van der Waals surface area contributed by atoms with Crippen LogP contribution >= 0.6 is 11.8 Å². The predicted octanol–water partition coefficient (Wildman–Crippen LogP) is 2.27. The van der Waals surface area contributed by atoms with Gasteiger partial charge in [0, 0.05) is 18.1 Å². The van der Waals surface area contributed by atoms with Gasteiger partial charge in [0.05, 0.1) is 5.75 Å². The van der Waals surface area contributed by atoms with E-state index in [-0.39, 0.29) is 5.12 Å². The van der Waals surface area contributed by atoms with Crippen LogP contribution in [0.2, 0.25) is 0 Å². The first-order valence-corrected chi connectivity index (χ1v) is 5.49. The monoisotopic (exact) mass is 236 g/mol. The van der Waals surface area contributed by atoms with Crippen LogP contribution in [0.3, 0.4) is 0 Å². The molecule has 0 amide bonds. The number of benzene rings is 1. The zero-order valence-corrected chi connectivity index (χ0v) is 9.44. The Labute approximate surface area is 97.2 Å². The van der Waals surface area contributed by atoms with Crippen LogP contribution in [0.1, 0.15) is 22.8 Å². The summed E-state index contributed by atoms with van der Waals surface area (Å²) in [5.74, 6) is 5.27. The van der Waals surface area contributed by atoms with Crippen LogP contribution in [0.5, 0.6) is 0 Å². The van der Waals surface area contributed by atoms with Crippen LogP contribution in [-0.2, 0) is 4.79 Å². The van der Waals surface area contributed by atoms with Crippen LogP contribution < -0.4 is 0 Å². The molecule has 0 spiro atoms. The molecule has 0 aliphatic heterocycles. The fourth-order valence-corrected chi connectivity index (χ4v) is 1.36. The number of aldehydes is 1. The minimum absolute atomic E-state index is 0.0239. The predicted molar refractivity (Wildman–Crippen MR) is 61.8 cm³/mol. The average molecular weight is 236 g/mol. The Morgan fingerprint density at radius 2 is 2.31 bits per heavy atom. The van der Waals surface area contributed by atoms with E-state index in [0.717, 1.165) is 11.8 Å². The molecule has 0 radical (unpaired) electrons. The van der Waals surface area contributed by atoms with E-state index < -0.39 is 5.82 Å². The van der Waals surface area contributed by atoms with E-state index in [1.165, 1.54) is 25.1 Å². The smallest absolute Gasteiger partial charge is 0.186 e. The minimum Gasteiger partial charge on any atom is -0.298 e. The Bertz CT molecular complexity index is 472. The van der Waals surface area contributed by atoms with Gasteiger partial charge in [0.25, 0.3) is 0 Å². The molecule has 1 aromatic rings. The van der Waals surface area contributed by atoms with Crippen molar-refractivity contribution in [2.75, 3.05) is 5.75 Å². The molecule has 0 aromatic heterocycles. The molecule has 2 nitrogen and oxygen atoms in total. The molecule has 0 saturated heterocycles. The molecule has 0 N–H and O–H groups in total. The Morgan fingerprint density at radius 3 is 2.94 bits per heavy atom. The second-order valence-corrected chi connectivity index (χ2v) is 4.08. The lowest BCUT2D eigenvalue weighted by Crippen LogP contribution is -1.89. The molecule has 0 heterocycles. The molecule has 16 heavy (non-hydrogen) atoms. The Kier molecular flexibility index (Phi) is 4.74. The average Bonchev–Trinajstić information content (AvgIpc) is 2.24. The highest BCUT2D eigenvalue weighted by atomic mass is 32.2. The lowest BCUT2D eigenvalue weighted by atomic mass is 10.1. The first kappa shape index (κ1) is 12.5. The number of rotatable bonds is 2. The van der Waals surface area contributed by atoms with Crippen molar-refractivity contribution in [1.82, 2.24) is 0 Å². The lowest BCUT2D eigenvalue weighted by molar-refractivity contribution is -0.109. The van der Waals surface area contributed by atoms with Crippen molar-refractivity contribution in [2.24, 2.45) is 0 Å². The Hall–Kier alpha value is -1.60. The van der Waals surface area contributed by atoms with Gasteiger partial charge in [-0.3, -0.25) is 9.59 Å². The highest BCUT2D eigenvalue weighted by Crippen LogP contribution is 2.08. The van der Waals surface area contributed by atoms with Crippen molar-refractivity contribution in [3.63, 3.8) is 0 Å². The molecule has 0 atom stereocenters. The van der Waals surface area contributed by atoms with Crippen LogP contribution in [0.4, 0.5) is 4.39 Å². The highest BCUT2D eigenvalue weighted by Gasteiger charge is 2.00. The standard InChI is InChI=1S/C12H9FO2S/c1-9(15)16-6-2-3-10-7-12(13)5-4-11(10)8-14/h4-5,7-8H,6H2,1H3. The molecular formula is C12H9FO2S. The van der Waals surface area contributed by atoms with E-state index in [0.29, 0.717) is 23.2 Å². The third kappa shape index (κ3) is 3.87. The number of halogens is 1. The summed E-state index contributed by atoms with van der Waals surface area (Å²) in [6, 6.07) is 3.79. The molecule has 0 aliphatic rings. The van der Waals surface area contributed by atoms with E-state index in [9.17, 15) is 14.0 Å². The molecule has 1 aromatic carbocycles. The number of hydrogen-bond donors (Lipinski definition) is 0. The van der Waals surface area contributed by atoms with E-state index >= 15 is 0 Å². The van der Waals surface area contributed by atoms with E-state index in [4.69, 9.17) is 0 Å². The summed E-state index contributed by atoms with van der Waals surface area (Å²) < 4.78 is 12.9. The zero-order chi connectivity index (χ0) is 12.0. The van der Waals surface area contributed by atoms with Crippen molar-refractivity contribution in [2.45, 2.75) is 6.92 Å². The summed E-state index contributed by atoms with van der Waals surface area (Å²) >= 11 is 1.07. The minimum atomic E-state index is -0.436. The number of hydrogen-bond acceptors (Lipinski definition) is 3. The third-order valence-electron chi connectivity index (χ3n) is 1.71. The second kappa shape index (κ2) is 6.09. The highest BCUT2D eigenvalue weighted by molar-refractivity contribution is 8.13. The van der Waals surface area contributed by atoms with Gasteiger partial charge >= 0.3 is 0 Å². The van der Waals surface area contributed by atoms with E-state index in [2.05, 4.69) is 11.8 Å². The summed E-state index contributed by atoms with van der Waals surface area (Å²) in [7, 11) is 0. The lowest BCUT2D eigenvalue weighted by Gasteiger charge is -1.95. The van der Waals surface area contributed by atoms with Gasteiger partial charge in [-0.1, -0.05) is 23.6 Å². The largest absolute Gasteiger partial charge is 0.298 e. The maximum Gasteiger partial charge on any atom is 0.186 e. The summed E-state index contributed by atoms with van der Waals surface area (Å²) in [6.07, 6.45) is 0.627. The van der Waals surface area contributed by atoms with Gasteiger partial charge in [-0.2, -0.15) is 0 Å². The number of thioether (sulfide) groups is 1. The molecule has 4 heteroatoms. The van der Waals surface area contributed by atoms with Gasteiger partial charge in [-0.15, -0.1) is 0 Å². The van der Waals surface area contributed by atoms with Crippen LogP contribution in [-0.4, -0.2) is 17.2 Å². The van der Waals surface area contributed by atoms with Crippen LogP contribution in [0, 0.1) is 17.7 Å². The van der Waals surface area contributed by atoms with Crippen LogP contribution in [0.25, 0.3) is 0 Å². The molecule has 0 fully saturated rings. The molecule has 82 valence electrons. The number of carbonyl (C=O) groups is 2. The first-order valence-electron chi connectivity index (χ1n) is 4.50. The van der Waals surface area contributed by atoms with Crippen molar-refractivity contribution in [3.8, 4) is 11.8 Å². The van der Waals surface area contributed by atoms with Crippen molar-refractivity contribution in [3.05, 3.63) is 35.1 Å². The molecule has 0 unspecified atom stereocenters. The van der Waals surface area contributed by atoms with Gasteiger partial charge in [-0.05, 0) is 18.2 Å². The van der Waals surface area contributed by atoms with Gasteiger partial charge < -0.3 is 0 Å². The summed E-state index contributed by atoms with van der Waals surface area (Å²) in [5, 5.41) is -0.0239. The molecule has 1 rings (SSSR count). The topological polar surface area (TPSA) is 34.1 Å². The SMILES string of the molecule is CC(=O)SCC#Cc1cc(F)ccc1C=O. The fraction of sp³-hybridized carbons (Fsp3) is 0.167. The van der Waals surface area contributed by atoms with Crippen molar-refractivity contribution in [1.29, 1.82) is 0 Å². The van der Waals surface area contributed by atoms with Gasteiger partial charge in [0.2, 0.25) is 0 Å². The maximum absolute atomic E-state index is 12.9. The summed E-state index contributed by atoms with van der Waals surface area (Å²) in [5.41, 5.74) is 0.695. The van der Waals surface area contributed by atoms with Gasteiger partial charge in [0.15, 0.2) is 11.4 Å². The first-order chi connectivity index (χ1) is 7.63. The third-order valence-corrected chi connectivity index (χ3v) is 2.41. The molecule has 0 saturated carbocycles. The van der Waals surface area contributed by atoms with Crippen molar-refractivity contribution < 1.29 is 14.0 Å². The normalized spacial score (nSPS) is 9.12. The fourth-order valence-electron chi connectivity index (χ4n) is 1.01. The van der Waals surface area contributed by atoms with E-state index in [1.807, 2.05) is 0 Å². The Morgan fingerprint density at radius 1 is 1.56 bits per heavy atom. The van der Waals surface area contributed by atoms with Gasteiger partial charge in [0.1, 0.15) is 5.82 Å². The maximum atomic E-state index is 12.9. The van der Waals surface area contributed by atoms with Crippen molar-refractivity contribution >= 4 is 23.2 Å². The Balaban J connectivity index is 2.82. The molecule has 0 aliphatic carbocycles. The molecular weight excluding hydrogens is 227 g/mol. The van der Waals surface area contributed by atoms with Gasteiger partial charge in [-0.25, -0.2) is 4.39 Å². The second-order valence-electron chi connectivity index (χ2n) is 2.93. The quantitative estimate of drug-likeness (QED) is 0.583. The molecule has 0 bridgehead atoms. The van der Waals surface area contributed by atoms with E-state index in [1.54, 1.807) is 0 Å². The number of carbonyl (C=O) groups excluding carboxylic acids is 2. The summed E-state index contributed by atoms with van der Waals surface area (Å²) in [6.45, 7) is 1.45. The zero-order valence-electron chi connectivity index (χ0n) is 8.62. The van der Waals surface area contributed by atoms with Crippen LogP contribution in [0.15, 0.2) is 18.2 Å².